The van der Waals surface area contributed by atoms with Gasteiger partial charge in [-0.05, 0) is 109 Å². The van der Waals surface area contributed by atoms with E-state index < -0.39 is 161 Å². The van der Waals surface area contributed by atoms with Crippen LogP contribution in [0.15, 0.2) is 24.8 Å². The van der Waals surface area contributed by atoms with Crippen molar-refractivity contribution in [3.05, 3.63) is 24.8 Å². The highest BCUT2D eigenvalue weighted by Crippen LogP contribution is 2.27. The van der Waals surface area contributed by atoms with E-state index in [4.69, 9.17) is 4.74 Å². The van der Waals surface area contributed by atoms with Gasteiger partial charge in [-0.1, -0.05) is 101 Å². The number of nitrogens with zero attached hydrogens (tertiary/aromatic N) is 7. The van der Waals surface area contributed by atoms with E-state index in [1.54, 1.807) is 74.5 Å². The summed E-state index contributed by atoms with van der Waals surface area (Å²) in [4.78, 5) is 171. The lowest BCUT2D eigenvalue weighted by Crippen LogP contribution is -2.64. The van der Waals surface area contributed by atoms with Gasteiger partial charge in [-0.25, -0.2) is 0 Å². The van der Waals surface area contributed by atoms with Crippen LogP contribution in [0.5, 0.6) is 0 Å². The van der Waals surface area contributed by atoms with Gasteiger partial charge in [0.25, 0.3) is 0 Å². The SMILES string of the molecule is C=CCOC(C)(C)C[C@H]1C(=O)N[C@@H](C(C)C)C(=O)N(C)[C@@H](CC(C)C)C(=O)N[C@@H](C)C(=O)N[C@H](C)C(=O)N(C)[C@@H](CC(C)C)C(=O)N(C)[C@@H](CC(C)C)C(=O)N(C)[C@@H](C(C)C)C(=O)N(C)[C@@H]([C@H](O)[C@H](C)C/C=C/C)C(=O)N[C@@H](CC)C(=O)N(C)[C@H](C)C(=O)N1C. The molecule has 1 aliphatic rings. The summed E-state index contributed by atoms with van der Waals surface area (Å²) in [6.45, 7) is 34.8. The standard InChI is InChI=1S/C66H117N11O13/c1-27-30-31-42(14)54(78)53-58(82)69-46(29-3)61(85)71(20)45(17)60(84)75(24)50(36-66(18,19)90-32-28-2)57(81)70-51(40(10)11)64(88)72(21)47(33-37(4)5)56(80)67-43(15)55(79)68-44(16)59(83)73(22)48(34-38(6)7)62(86)74(23)49(35-39(8)9)63(87)76(25)52(41(12)13)65(89)77(53)26/h27-28,30,37-54,78H,2,29,31-36H2,1,3-26H3,(H,67,80)(H,68,79)(H,69,82)(H,70,81)/b30-27+/t42-,43+,44-,45-,46+,47+,48+,49+,50+,51+,52+,53+,54-/m1/s1. The predicted molar refractivity (Wildman–Crippen MR) is 348 cm³/mol. The number of carbonyl (C=O) groups excluding carboxylic acids is 11. The van der Waals surface area contributed by atoms with Crippen molar-refractivity contribution in [2.24, 2.45) is 35.5 Å². The molecule has 13 atom stereocenters. The molecule has 0 spiro atoms. The van der Waals surface area contributed by atoms with E-state index in [0.717, 1.165) is 9.80 Å². The van der Waals surface area contributed by atoms with Crippen LogP contribution in [-0.2, 0) is 57.5 Å². The average Bonchev–Trinajstić information content (AvgIpc) is 0.948. The van der Waals surface area contributed by atoms with E-state index in [1.807, 2.05) is 41.5 Å². The molecule has 0 aromatic rings. The minimum absolute atomic E-state index is 0.0107. The molecule has 1 aliphatic heterocycles. The molecule has 1 saturated heterocycles. The van der Waals surface area contributed by atoms with Crippen LogP contribution < -0.4 is 21.3 Å². The van der Waals surface area contributed by atoms with Crippen LogP contribution >= 0.6 is 0 Å². The van der Waals surface area contributed by atoms with E-state index in [0.29, 0.717) is 6.42 Å². The van der Waals surface area contributed by atoms with Gasteiger partial charge in [0.05, 0.1) is 18.3 Å². The quantitative estimate of drug-likeness (QED) is 0.122. The first-order valence-electron chi connectivity index (χ1n) is 32.1. The number of amides is 11. The highest BCUT2D eigenvalue weighted by molar-refractivity contribution is 6.00. The smallest absolute Gasteiger partial charge is 0.246 e. The van der Waals surface area contributed by atoms with E-state index in [-0.39, 0.29) is 56.5 Å². The first-order valence-corrected chi connectivity index (χ1v) is 32.1. The third-order valence-electron chi connectivity index (χ3n) is 17.2. The van der Waals surface area contributed by atoms with Gasteiger partial charge < -0.3 is 65.4 Å². The normalized spacial score (nSPS) is 27.0. The number of ether oxygens (including phenoxy) is 1. The van der Waals surface area contributed by atoms with Crippen LogP contribution in [0.3, 0.4) is 0 Å². The second kappa shape index (κ2) is 36.6. The Morgan fingerprint density at radius 1 is 0.511 bits per heavy atom. The summed E-state index contributed by atoms with van der Waals surface area (Å²) in [5, 5.41) is 23.2. The van der Waals surface area contributed by atoms with Gasteiger partial charge in [0.15, 0.2) is 0 Å². The Morgan fingerprint density at radius 2 is 0.956 bits per heavy atom. The molecule has 0 saturated carbocycles. The fourth-order valence-electron chi connectivity index (χ4n) is 11.2. The number of nitrogens with one attached hydrogen (secondary N) is 4. The van der Waals surface area contributed by atoms with E-state index >= 15 is 14.4 Å². The van der Waals surface area contributed by atoms with Crippen molar-refractivity contribution in [2.45, 2.75) is 241 Å². The predicted octanol–water partition coefficient (Wildman–Crippen LogP) is 3.98. The molecule has 0 unspecified atom stereocenters. The van der Waals surface area contributed by atoms with E-state index in [1.165, 1.54) is 101 Å². The van der Waals surface area contributed by atoms with Gasteiger partial charge in [-0.3, -0.25) is 52.7 Å². The van der Waals surface area contributed by atoms with Crippen LogP contribution in [-0.4, -0.2) is 238 Å². The van der Waals surface area contributed by atoms with Crippen LogP contribution in [0.25, 0.3) is 0 Å². The second-order valence-corrected chi connectivity index (χ2v) is 27.4. The molecule has 514 valence electrons. The molecule has 1 heterocycles. The van der Waals surface area contributed by atoms with Gasteiger partial charge in [0, 0.05) is 55.8 Å². The topological polar surface area (TPSA) is 288 Å². The molecule has 0 aromatic heterocycles. The maximum absolute atomic E-state index is 15.2. The molecule has 1 fully saturated rings. The molecule has 0 radical (unpaired) electrons. The van der Waals surface area contributed by atoms with Crippen LogP contribution in [0.4, 0.5) is 0 Å². The maximum atomic E-state index is 15.2. The van der Waals surface area contributed by atoms with Crippen molar-refractivity contribution in [2.75, 3.05) is 55.9 Å². The molecule has 11 amide bonds. The average molecular weight is 1270 g/mol. The lowest BCUT2D eigenvalue weighted by molar-refractivity contribution is -0.157. The number of likely N-dealkylation sites (N-methyl/N-ethyl adjacent to an activating group) is 7. The third kappa shape index (κ3) is 22.5. The number of aliphatic hydroxyl groups is 1. The van der Waals surface area contributed by atoms with Gasteiger partial charge in [-0.2, -0.15) is 0 Å². The molecule has 0 aromatic carbocycles. The summed E-state index contributed by atoms with van der Waals surface area (Å²) in [6, 6.07) is -14.1. The summed E-state index contributed by atoms with van der Waals surface area (Å²) in [7, 11) is 9.85. The minimum Gasteiger partial charge on any atom is -0.390 e. The van der Waals surface area contributed by atoms with Crippen molar-refractivity contribution in [1.82, 2.24) is 55.6 Å². The first kappa shape index (κ1) is 81.6. The molecule has 24 nitrogen and oxygen atoms in total. The summed E-state index contributed by atoms with van der Waals surface area (Å²) >= 11 is 0. The number of hydrogen-bond donors (Lipinski definition) is 5. The summed E-state index contributed by atoms with van der Waals surface area (Å²) < 4.78 is 6.06. The van der Waals surface area contributed by atoms with Crippen molar-refractivity contribution < 1.29 is 62.6 Å². The summed E-state index contributed by atoms with van der Waals surface area (Å²) in [6.07, 6.45) is 4.17. The molecular weight excluding hydrogens is 1150 g/mol. The third-order valence-corrected chi connectivity index (χ3v) is 17.2. The van der Waals surface area contributed by atoms with Crippen LogP contribution in [0.2, 0.25) is 0 Å². The Hall–Kier alpha value is -6.43. The molecule has 0 aliphatic carbocycles. The van der Waals surface area contributed by atoms with Gasteiger partial charge in [-0.15, -0.1) is 6.58 Å². The van der Waals surface area contributed by atoms with Crippen molar-refractivity contribution in [1.29, 1.82) is 0 Å². The zero-order valence-corrected chi connectivity index (χ0v) is 59.3. The Bertz CT molecular complexity index is 2500. The molecule has 5 N–H and O–H groups in total. The van der Waals surface area contributed by atoms with Crippen molar-refractivity contribution in [3.63, 3.8) is 0 Å². The number of hydrogen-bond acceptors (Lipinski definition) is 13. The zero-order chi connectivity index (χ0) is 69.9. The van der Waals surface area contributed by atoms with E-state index in [9.17, 15) is 43.5 Å². The first-order chi connectivity index (χ1) is 41.5. The Kier molecular flexibility index (Phi) is 33.1. The van der Waals surface area contributed by atoms with Gasteiger partial charge >= 0.3 is 0 Å². The minimum atomic E-state index is -1.64. The molecule has 1 rings (SSSR count). The molecule has 90 heavy (non-hydrogen) atoms. The van der Waals surface area contributed by atoms with E-state index in [2.05, 4.69) is 27.8 Å². The van der Waals surface area contributed by atoms with Crippen LogP contribution in [0.1, 0.15) is 163 Å². The highest BCUT2D eigenvalue weighted by Gasteiger charge is 2.46. The van der Waals surface area contributed by atoms with Gasteiger partial charge in [0.1, 0.15) is 66.5 Å². The highest BCUT2D eigenvalue weighted by atomic mass is 16.5. The molecular formula is C66H117N11O13. The molecule has 24 heteroatoms. The zero-order valence-electron chi connectivity index (χ0n) is 59.3. The summed E-state index contributed by atoms with van der Waals surface area (Å²) in [5.74, 6) is -10.1. The lowest BCUT2D eigenvalue weighted by Gasteiger charge is -2.41. The summed E-state index contributed by atoms with van der Waals surface area (Å²) in [5.41, 5.74) is -1.08. The number of rotatable bonds is 18. The Morgan fingerprint density at radius 3 is 1.42 bits per heavy atom. The fourth-order valence-corrected chi connectivity index (χ4v) is 11.2. The number of aliphatic hydroxyl groups excluding tert-OH is 1. The van der Waals surface area contributed by atoms with Crippen molar-refractivity contribution >= 4 is 65.0 Å². The molecule has 0 bridgehead atoms. The monoisotopic (exact) mass is 1270 g/mol. The lowest BCUT2D eigenvalue weighted by atomic mass is 9.91. The number of allylic oxidation sites excluding steroid dienone is 2. The number of carbonyl (C=O) groups is 11. The maximum Gasteiger partial charge on any atom is 0.246 e. The fraction of sp³-hybridized carbons (Fsp3) is 0.773. The second-order valence-electron chi connectivity index (χ2n) is 27.4. The van der Waals surface area contributed by atoms with Crippen molar-refractivity contribution in [3.8, 4) is 0 Å². The Labute approximate surface area is 538 Å². The largest absolute Gasteiger partial charge is 0.390 e. The van der Waals surface area contributed by atoms with Crippen LogP contribution in [0, 0.1) is 35.5 Å². The Balaban J connectivity index is 4.46. The van der Waals surface area contributed by atoms with Gasteiger partial charge in [0.2, 0.25) is 65.0 Å².